The zero-order valence-corrected chi connectivity index (χ0v) is 12.2. The van der Waals surface area contributed by atoms with Crippen molar-refractivity contribution in [1.29, 1.82) is 5.41 Å². The van der Waals surface area contributed by atoms with Crippen LogP contribution in [0.4, 0.5) is 4.39 Å². The van der Waals surface area contributed by atoms with E-state index in [1.54, 1.807) is 12.1 Å². The summed E-state index contributed by atoms with van der Waals surface area (Å²) in [7, 11) is 0. The number of nitrogens with two attached hydrogens (primary N) is 1. The molecule has 0 aliphatic heterocycles. The van der Waals surface area contributed by atoms with Gasteiger partial charge in [0.25, 0.3) is 0 Å². The van der Waals surface area contributed by atoms with Crippen molar-refractivity contribution in [2.24, 2.45) is 11.7 Å². The van der Waals surface area contributed by atoms with Gasteiger partial charge in [0.1, 0.15) is 5.82 Å². The number of hydrogen-bond acceptors (Lipinski definition) is 2. The molecule has 0 unspecified atom stereocenters. The fourth-order valence-electron chi connectivity index (χ4n) is 1.94. The number of nitrogens with one attached hydrogen (secondary N) is 1. The molecule has 0 fully saturated rings. The molecule has 0 saturated heterocycles. The minimum absolute atomic E-state index is 0.147. The summed E-state index contributed by atoms with van der Waals surface area (Å²) in [5.74, 6) is 0.315. The van der Waals surface area contributed by atoms with Gasteiger partial charge in [0.05, 0.1) is 5.84 Å². The van der Waals surface area contributed by atoms with Gasteiger partial charge in [0, 0.05) is 36.6 Å². The highest BCUT2D eigenvalue weighted by atomic mass is 35.5. The average Bonchev–Trinajstić information content (AvgIpc) is 2.30. The van der Waals surface area contributed by atoms with E-state index >= 15 is 0 Å². The summed E-state index contributed by atoms with van der Waals surface area (Å²) in [5, 5.41) is 7.73. The molecule has 1 rings (SSSR count). The van der Waals surface area contributed by atoms with Crippen LogP contribution in [0.2, 0.25) is 5.02 Å². The average molecular weight is 286 g/mol. The van der Waals surface area contributed by atoms with Crippen LogP contribution in [0, 0.1) is 17.1 Å². The fourth-order valence-corrected chi connectivity index (χ4v) is 2.16. The van der Waals surface area contributed by atoms with Gasteiger partial charge in [0.15, 0.2) is 0 Å². The van der Waals surface area contributed by atoms with Crippen molar-refractivity contribution in [3.63, 3.8) is 0 Å². The molecule has 0 bridgehead atoms. The molecule has 106 valence electrons. The molecule has 0 aromatic heterocycles. The summed E-state index contributed by atoms with van der Waals surface area (Å²) in [4.78, 5) is 2.08. The smallest absolute Gasteiger partial charge is 0.129 e. The van der Waals surface area contributed by atoms with E-state index in [2.05, 4.69) is 18.7 Å². The second-order valence-corrected chi connectivity index (χ2v) is 5.51. The second-order valence-electron chi connectivity index (χ2n) is 5.10. The van der Waals surface area contributed by atoms with E-state index in [0.717, 1.165) is 6.54 Å². The minimum Gasteiger partial charge on any atom is -0.388 e. The normalized spacial score (nSPS) is 11.3. The van der Waals surface area contributed by atoms with Crippen molar-refractivity contribution in [3.8, 4) is 0 Å². The number of hydrogen-bond donors (Lipinski definition) is 2. The number of benzene rings is 1. The lowest BCUT2D eigenvalue weighted by Crippen LogP contribution is -2.31. The molecule has 0 saturated carbocycles. The zero-order chi connectivity index (χ0) is 14.4. The van der Waals surface area contributed by atoms with Gasteiger partial charge in [0.2, 0.25) is 0 Å². The fraction of sp³-hybridized carbons (Fsp3) is 0.500. The highest BCUT2D eigenvalue weighted by Crippen LogP contribution is 2.21. The maximum Gasteiger partial charge on any atom is 0.129 e. The van der Waals surface area contributed by atoms with E-state index in [9.17, 15) is 4.39 Å². The Bertz CT molecular complexity index is 414. The van der Waals surface area contributed by atoms with Crippen molar-refractivity contribution in [3.05, 3.63) is 34.6 Å². The Labute approximate surface area is 119 Å². The van der Waals surface area contributed by atoms with Gasteiger partial charge in [-0.25, -0.2) is 4.39 Å². The Kier molecular flexibility index (Phi) is 6.25. The van der Waals surface area contributed by atoms with Gasteiger partial charge in [-0.1, -0.05) is 31.5 Å². The van der Waals surface area contributed by atoms with Crippen LogP contribution in [0.15, 0.2) is 18.2 Å². The molecule has 5 heteroatoms. The van der Waals surface area contributed by atoms with Crippen LogP contribution < -0.4 is 5.73 Å². The van der Waals surface area contributed by atoms with Gasteiger partial charge in [-0.15, -0.1) is 0 Å². The Morgan fingerprint density at radius 2 is 2.16 bits per heavy atom. The Balaban J connectivity index is 2.78. The molecule has 0 heterocycles. The van der Waals surface area contributed by atoms with Crippen LogP contribution in [-0.2, 0) is 6.54 Å². The highest BCUT2D eigenvalue weighted by molar-refractivity contribution is 6.31. The molecule has 19 heavy (non-hydrogen) atoms. The minimum atomic E-state index is -0.288. The third-order valence-corrected chi connectivity index (χ3v) is 3.12. The highest BCUT2D eigenvalue weighted by Gasteiger charge is 2.14. The van der Waals surface area contributed by atoms with Crippen molar-refractivity contribution >= 4 is 17.4 Å². The summed E-state index contributed by atoms with van der Waals surface area (Å²) in [6.07, 6.45) is 0.485. The van der Waals surface area contributed by atoms with E-state index in [4.69, 9.17) is 22.7 Å². The molecule has 0 aliphatic carbocycles. The van der Waals surface area contributed by atoms with Gasteiger partial charge < -0.3 is 5.73 Å². The number of amidine groups is 1. The van der Waals surface area contributed by atoms with E-state index < -0.39 is 0 Å². The van der Waals surface area contributed by atoms with Crippen molar-refractivity contribution in [2.75, 3.05) is 13.1 Å². The Hall–Kier alpha value is -1.13. The molecular formula is C14H21ClFN3. The predicted octanol–water partition coefficient (Wildman–Crippen LogP) is 3.26. The molecule has 0 atom stereocenters. The predicted molar refractivity (Wildman–Crippen MR) is 78.1 cm³/mol. The van der Waals surface area contributed by atoms with Crippen LogP contribution >= 0.6 is 11.6 Å². The third-order valence-electron chi connectivity index (χ3n) is 2.76. The molecular weight excluding hydrogens is 265 g/mol. The van der Waals surface area contributed by atoms with Crippen LogP contribution in [0.25, 0.3) is 0 Å². The van der Waals surface area contributed by atoms with Gasteiger partial charge in [-0.3, -0.25) is 10.3 Å². The van der Waals surface area contributed by atoms with Crippen molar-refractivity contribution in [1.82, 2.24) is 4.90 Å². The number of halogens is 2. The van der Waals surface area contributed by atoms with Crippen LogP contribution in [0.3, 0.4) is 0 Å². The second kappa shape index (κ2) is 7.46. The quantitative estimate of drug-likeness (QED) is 0.597. The number of nitrogens with zero attached hydrogens (tertiary/aromatic N) is 1. The molecule has 1 aromatic rings. The third kappa shape index (κ3) is 5.57. The lowest BCUT2D eigenvalue weighted by molar-refractivity contribution is 0.239. The Morgan fingerprint density at radius 3 is 2.68 bits per heavy atom. The molecule has 0 amide bonds. The Morgan fingerprint density at radius 1 is 1.47 bits per heavy atom. The summed E-state index contributed by atoms with van der Waals surface area (Å²) in [5.41, 5.74) is 5.89. The summed E-state index contributed by atoms with van der Waals surface area (Å²) in [6.45, 7) is 6.10. The van der Waals surface area contributed by atoms with Gasteiger partial charge in [-0.05, 0) is 18.1 Å². The van der Waals surface area contributed by atoms with Gasteiger partial charge >= 0.3 is 0 Å². The summed E-state index contributed by atoms with van der Waals surface area (Å²) < 4.78 is 13.8. The largest absolute Gasteiger partial charge is 0.388 e. The maximum absolute atomic E-state index is 13.8. The van der Waals surface area contributed by atoms with Gasteiger partial charge in [-0.2, -0.15) is 0 Å². The first-order valence-corrected chi connectivity index (χ1v) is 6.76. The zero-order valence-electron chi connectivity index (χ0n) is 11.4. The standard InChI is InChI=1S/C14H21ClFN3/c1-10(2)8-19(7-6-14(17)18)9-11-12(15)4-3-5-13(11)16/h3-5,10H,6-9H2,1-2H3,(H3,17,18). The van der Waals surface area contributed by atoms with Crippen LogP contribution in [-0.4, -0.2) is 23.8 Å². The first-order chi connectivity index (χ1) is 8.90. The monoisotopic (exact) mass is 285 g/mol. The first kappa shape index (κ1) is 15.9. The van der Waals surface area contributed by atoms with E-state index in [1.165, 1.54) is 6.07 Å². The topological polar surface area (TPSA) is 53.1 Å². The summed E-state index contributed by atoms with van der Waals surface area (Å²) in [6, 6.07) is 4.71. The molecule has 1 aromatic carbocycles. The lowest BCUT2D eigenvalue weighted by Gasteiger charge is -2.24. The molecule has 3 N–H and O–H groups in total. The van der Waals surface area contributed by atoms with E-state index in [-0.39, 0.29) is 11.7 Å². The molecule has 0 radical (unpaired) electrons. The molecule has 3 nitrogen and oxygen atoms in total. The van der Waals surface area contributed by atoms with Crippen molar-refractivity contribution < 1.29 is 4.39 Å². The number of rotatable bonds is 7. The molecule has 0 spiro atoms. The lowest BCUT2D eigenvalue weighted by atomic mass is 10.1. The van der Waals surface area contributed by atoms with Crippen LogP contribution in [0.1, 0.15) is 25.8 Å². The van der Waals surface area contributed by atoms with E-state index in [1.807, 2.05) is 0 Å². The van der Waals surface area contributed by atoms with E-state index in [0.29, 0.717) is 36.0 Å². The first-order valence-electron chi connectivity index (χ1n) is 6.38. The van der Waals surface area contributed by atoms with Crippen LogP contribution in [0.5, 0.6) is 0 Å². The molecule has 0 aliphatic rings. The maximum atomic E-state index is 13.8. The SMILES string of the molecule is CC(C)CN(CCC(=N)N)Cc1c(F)cccc1Cl. The van der Waals surface area contributed by atoms with Crippen molar-refractivity contribution in [2.45, 2.75) is 26.8 Å². The summed E-state index contributed by atoms with van der Waals surface area (Å²) >= 11 is 6.04.